The summed E-state index contributed by atoms with van der Waals surface area (Å²) in [5.74, 6) is 0.795. The molecule has 0 heterocycles. The van der Waals surface area contributed by atoms with Crippen molar-refractivity contribution in [1.29, 1.82) is 0 Å². The van der Waals surface area contributed by atoms with E-state index in [1.165, 1.54) is 24.0 Å². The molecule has 1 aliphatic carbocycles. The van der Waals surface area contributed by atoms with Crippen molar-refractivity contribution >= 4 is 0 Å². The first-order valence-corrected chi connectivity index (χ1v) is 8.84. The molecule has 0 aromatic heterocycles. The van der Waals surface area contributed by atoms with Crippen LogP contribution in [0.15, 0.2) is 59.6 Å². The number of allylic oxidation sites excluding steroid dienone is 6. The van der Waals surface area contributed by atoms with Gasteiger partial charge in [0.1, 0.15) is 0 Å². The molecular formula is C21H34N2. The lowest BCUT2D eigenvalue weighted by atomic mass is 9.97. The highest BCUT2D eigenvalue weighted by molar-refractivity contribution is 5.28. The lowest BCUT2D eigenvalue weighted by molar-refractivity contribution is 0.514. The van der Waals surface area contributed by atoms with Crippen LogP contribution in [0.5, 0.6) is 0 Å². The van der Waals surface area contributed by atoms with Gasteiger partial charge in [-0.25, -0.2) is 0 Å². The zero-order valence-corrected chi connectivity index (χ0v) is 15.3. The van der Waals surface area contributed by atoms with Crippen LogP contribution in [0, 0.1) is 5.92 Å². The Morgan fingerprint density at radius 2 is 2.17 bits per heavy atom. The standard InChI is InChI=1S/C21H34N2/c1-6-16(2)11-12-17(3)13-14-18(4)15-19(5)23-21-10-8-7-9-20(21)22/h7,9,14,16,23H,3,5-6,8,10-13,15,22H2,1-2,4H3/b18-14+. The highest BCUT2D eigenvalue weighted by Gasteiger charge is 2.07. The first kappa shape index (κ1) is 19.3. The van der Waals surface area contributed by atoms with Gasteiger partial charge in [-0.1, -0.05) is 56.7 Å². The predicted octanol–water partition coefficient (Wildman–Crippen LogP) is 5.72. The first-order chi connectivity index (χ1) is 10.9. The quantitative estimate of drug-likeness (QED) is 0.506. The number of hydrogen-bond acceptors (Lipinski definition) is 2. The van der Waals surface area contributed by atoms with Gasteiger partial charge in [-0.2, -0.15) is 0 Å². The van der Waals surface area contributed by atoms with Crippen LogP contribution in [0.3, 0.4) is 0 Å². The van der Waals surface area contributed by atoms with Crippen molar-refractivity contribution in [2.75, 3.05) is 0 Å². The van der Waals surface area contributed by atoms with Crippen molar-refractivity contribution in [3.63, 3.8) is 0 Å². The summed E-state index contributed by atoms with van der Waals surface area (Å²) in [5.41, 5.74) is 11.6. The average Bonchev–Trinajstić information content (AvgIpc) is 2.52. The fourth-order valence-electron chi connectivity index (χ4n) is 2.56. The Labute approximate surface area is 142 Å². The Balaban J connectivity index is 2.36. The molecule has 0 aromatic rings. The minimum absolute atomic E-state index is 0.795. The van der Waals surface area contributed by atoms with Crippen molar-refractivity contribution < 1.29 is 0 Å². The number of rotatable bonds is 10. The molecular weight excluding hydrogens is 280 g/mol. The van der Waals surface area contributed by atoms with Crippen molar-refractivity contribution in [3.05, 3.63) is 59.6 Å². The van der Waals surface area contributed by atoms with Gasteiger partial charge in [0, 0.05) is 17.8 Å². The first-order valence-electron chi connectivity index (χ1n) is 8.84. The summed E-state index contributed by atoms with van der Waals surface area (Å²) in [5, 5.41) is 3.38. The van der Waals surface area contributed by atoms with E-state index >= 15 is 0 Å². The summed E-state index contributed by atoms with van der Waals surface area (Å²) in [4.78, 5) is 0. The largest absolute Gasteiger partial charge is 0.397 e. The third-order valence-corrected chi connectivity index (χ3v) is 4.45. The fourth-order valence-corrected chi connectivity index (χ4v) is 2.56. The van der Waals surface area contributed by atoms with Gasteiger partial charge in [0.2, 0.25) is 0 Å². The Morgan fingerprint density at radius 3 is 2.83 bits per heavy atom. The van der Waals surface area contributed by atoms with Crippen LogP contribution in [0.2, 0.25) is 0 Å². The lowest BCUT2D eigenvalue weighted by Gasteiger charge is -2.17. The van der Waals surface area contributed by atoms with E-state index in [1.54, 1.807) is 0 Å². The molecule has 2 heteroatoms. The monoisotopic (exact) mass is 314 g/mol. The van der Waals surface area contributed by atoms with Gasteiger partial charge in [0.05, 0.1) is 5.70 Å². The average molecular weight is 315 g/mol. The molecule has 23 heavy (non-hydrogen) atoms. The van der Waals surface area contributed by atoms with Crippen molar-refractivity contribution in [2.45, 2.75) is 65.7 Å². The summed E-state index contributed by atoms with van der Waals surface area (Å²) < 4.78 is 0. The highest BCUT2D eigenvalue weighted by Crippen LogP contribution is 2.19. The lowest BCUT2D eigenvalue weighted by Crippen LogP contribution is -2.18. The molecule has 0 bridgehead atoms. The third kappa shape index (κ3) is 7.92. The van der Waals surface area contributed by atoms with Crippen molar-refractivity contribution in [3.8, 4) is 0 Å². The molecule has 0 spiro atoms. The van der Waals surface area contributed by atoms with E-state index in [0.29, 0.717) is 0 Å². The zero-order valence-electron chi connectivity index (χ0n) is 15.3. The molecule has 0 radical (unpaired) electrons. The van der Waals surface area contributed by atoms with Gasteiger partial charge in [0.25, 0.3) is 0 Å². The molecule has 1 rings (SSSR count). The van der Waals surface area contributed by atoms with Crippen LogP contribution >= 0.6 is 0 Å². The second-order valence-corrected chi connectivity index (χ2v) is 6.84. The maximum atomic E-state index is 5.99. The topological polar surface area (TPSA) is 38.0 Å². The van der Waals surface area contributed by atoms with Gasteiger partial charge in [-0.15, -0.1) is 0 Å². The van der Waals surface area contributed by atoms with Gasteiger partial charge in [-0.05, 0) is 51.0 Å². The number of nitrogens with one attached hydrogen (secondary N) is 1. The normalized spacial score (nSPS) is 16.4. The molecule has 0 saturated heterocycles. The van der Waals surface area contributed by atoms with Crippen LogP contribution in [0.1, 0.15) is 65.7 Å². The van der Waals surface area contributed by atoms with E-state index in [2.05, 4.69) is 51.4 Å². The summed E-state index contributed by atoms with van der Waals surface area (Å²) in [6.07, 6.45) is 13.8. The van der Waals surface area contributed by atoms with Crippen LogP contribution in [-0.2, 0) is 0 Å². The minimum atomic E-state index is 0.795. The SMILES string of the molecule is C=C(C/C=C(\C)CC(=C)NC1=C(N)C=CCC1)CCC(C)CC. The summed E-state index contributed by atoms with van der Waals surface area (Å²) >= 11 is 0. The predicted molar refractivity (Wildman–Crippen MR) is 103 cm³/mol. The molecule has 1 aliphatic rings. The molecule has 3 N–H and O–H groups in total. The maximum absolute atomic E-state index is 5.99. The van der Waals surface area contributed by atoms with Crippen LogP contribution < -0.4 is 11.1 Å². The van der Waals surface area contributed by atoms with E-state index in [-0.39, 0.29) is 0 Å². The molecule has 2 nitrogen and oxygen atoms in total. The fraction of sp³-hybridized carbons (Fsp3) is 0.524. The van der Waals surface area contributed by atoms with Crippen LogP contribution in [-0.4, -0.2) is 0 Å². The minimum Gasteiger partial charge on any atom is -0.397 e. The molecule has 0 saturated carbocycles. The van der Waals surface area contributed by atoms with Crippen LogP contribution in [0.4, 0.5) is 0 Å². The summed E-state index contributed by atoms with van der Waals surface area (Å²) in [7, 11) is 0. The third-order valence-electron chi connectivity index (χ3n) is 4.45. The number of nitrogens with two attached hydrogens (primary N) is 1. The molecule has 0 fully saturated rings. The Hall–Kier alpha value is -1.70. The van der Waals surface area contributed by atoms with E-state index < -0.39 is 0 Å². The van der Waals surface area contributed by atoms with Crippen molar-refractivity contribution in [2.24, 2.45) is 11.7 Å². The second-order valence-electron chi connectivity index (χ2n) is 6.84. The van der Waals surface area contributed by atoms with Crippen molar-refractivity contribution in [1.82, 2.24) is 5.32 Å². The van der Waals surface area contributed by atoms with Gasteiger partial charge in [0.15, 0.2) is 0 Å². The second kappa shape index (κ2) is 10.1. The highest BCUT2D eigenvalue weighted by atomic mass is 14.9. The molecule has 0 amide bonds. The summed E-state index contributed by atoms with van der Waals surface area (Å²) in [6.45, 7) is 15.1. The molecule has 1 unspecified atom stereocenters. The summed E-state index contributed by atoms with van der Waals surface area (Å²) in [6, 6.07) is 0. The zero-order chi connectivity index (χ0) is 17.2. The maximum Gasteiger partial charge on any atom is 0.0507 e. The van der Waals surface area contributed by atoms with Gasteiger partial charge < -0.3 is 11.1 Å². The van der Waals surface area contributed by atoms with E-state index in [4.69, 9.17) is 5.73 Å². The molecule has 0 aromatic carbocycles. The van der Waals surface area contributed by atoms with E-state index in [0.717, 1.165) is 55.1 Å². The Bertz CT molecular complexity index is 506. The van der Waals surface area contributed by atoms with E-state index in [9.17, 15) is 0 Å². The molecule has 1 atom stereocenters. The van der Waals surface area contributed by atoms with E-state index in [1.807, 2.05) is 6.08 Å². The molecule has 0 aliphatic heterocycles. The number of hydrogen-bond donors (Lipinski definition) is 2. The van der Waals surface area contributed by atoms with Crippen LogP contribution in [0.25, 0.3) is 0 Å². The molecule has 128 valence electrons. The van der Waals surface area contributed by atoms with Gasteiger partial charge >= 0.3 is 0 Å². The Morgan fingerprint density at radius 1 is 1.43 bits per heavy atom. The smallest absolute Gasteiger partial charge is 0.0507 e. The van der Waals surface area contributed by atoms with Gasteiger partial charge in [-0.3, -0.25) is 0 Å². The Kier molecular flexibility index (Phi) is 8.53.